The third kappa shape index (κ3) is 5.66. The van der Waals surface area contributed by atoms with E-state index in [4.69, 9.17) is 17.3 Å². The first-order chi connectivity index (χ1) is 15.1. The smallest absolute Gasteiger partial charge is 0.286 e. The van der Waals surface area contributed by atoms with E-state index in [0.29, 0.717) is 21.3 Å². The zero-order valence-corrected chi connectivity index (χ0v) is 17.8. The molecule has 164 valence electrons. The Balaban J connectivity index is 1.82. The molecular weight excluding hydrogens is 465 g/mol. The van der Waals surface area contributed by atoms with Crippen LogP contribution >= 0.6 is 22.9 Å². The van der Waals surface area contributed by atoms with E-state index in [1.165, 1.54) is 12.1 Å². The van der Waals surface area contributed by atoms with E-state index in [-0.39, 0.29) is 21.2 Å². The lowest BCUT2D eigenvalue weighted by molar-refractivity contribution is 0.0989. The fourth-order valence-electron chi connectivity index (χ4n) is 2.79. The summed E-state index contributed by atoms with van der Waals surface area (Å²) >= 11 is 7.13. The molecule has 0 saturated carbocycles. The molecule has 0 aliphatic rings. The van der Waals surface area contributed by atoms with E-state index in [2.05, 4.69) is 11.8 Å². The molecule has 1 aromatic carbocycles. The molecule has 10 heteroatoms. The standard InChI is InChI=1S/C22H14ClF3N2O3S/c23-20-14(5-4-12-2-1-3-15(6-12)21(27)30)9-18(32-20)17(29)8-13-7-16(24)22(31)28(10-13)11-19(25)26/h1-3,6-7,9-10,19H,8,11H2,(H2,27,30). The average molecular weight is 479 g/mol. The maximum Gasteiger partial charge on any atom is 0.286 e. The molecule has 0 fully saturated rings. The number of primary amides is 1. The molecule has 0 atom stereocenters. The first kappa shape index (κ1) is 23.3. The number of hydrogen-bond acceptors (Lipinski definition) is 4. The summed E-state index contributed by atoms with van der Waals surface area (Å²) in [6.07, 6.45) is -2.12. The lowest BCUT2D eigenvalue weighted by atomic mass is 10.1. The minimum atomic E-state index is -2.85. The second-order valence-corrected chi connectivity index (χ2v) is 8.29. The zero-order chi connectivity index (χ0) is 23.4. The third-order valence-corrected chi connectivity index (χ3v) is 5.65. The summed E-state index contributed by atoms with van der Waals surface area (Å²) in [6, 6.07) is 8.69. The molecule has 2 heterocycles. The Kier molecular flexibility index (Phi) is 7.18. The second-order valence-electron chi connectivity index (χ2n) is 6.64. The van der Waals surface area contributed by atoms with Crippen molar-refractivity contribution >= 4 is 34.6 Å². The number of ketones is 1. The van der Waals surface area contributed by atoms with Crippen LogP contribution in [0.2, 0.25) is 4.34 Å². The topological polar surface area (TPSA) is 82.2 Å². The summed E-state index contributed by atoms with van der Waals surface area (Å²) < 4.78 is 39.8. The van der Waals surface area contributed by atoms with E-state index < -0.39 is 36.0 Å². The minimum absolute atomic E-state index is 0.0770. The van der Waals surface area contributed by atoms with Crippen LogP contribution in [0, 0.1) is 17.7 Å². The van der Waals surface area contributed by atoms with Crippen LogP contribution in [-0.2, 0) is 13.0 Å². The van der Waals surface area contributed by atoms with Crippen LogP contribution in [0.4, 0.5) is 13.2 Å². The summed E-state index contributed by atoms with van der Waals surface area (Å²) in [6.45, 7) is -0.973. The SMILES string of the molecule is NC(=O)c1cccc(C#Cc2cc(C(=O)Cc3cc(F)c(=O)n(CC(F)F)c3)sc2Cl)c1. The molecule has 5 nitrogen and oxygen atoms in total. The van der Waals surface area contributed by atoms with Gasteiger partial charge in [0, 0.05) is 23.7 Å². The number of nitrogens with two attached hydrogens (primary N) is 1. The molecule has 2 N–H and O–H groups in total. The summed E-state index contributed by atoms with van der Waals surface area (Å²) in [5.41, 5.74) is 5.33. The molecule has 0 aliphatic heterocycles. The Morgan fingerprint density at radius 3 is 2.62 bits per heavy atom. The Morgan fingerprint density at radius 1 is 1.19 bits per heavy atom. The molecule has 32 heavy (non-hydrogen) atoms. The number of pyridine rings is 1. The molecule has 0 unspecified atom stereocenters. The number of benzene rings is 1. The van der Waals surface area contributed by atoms with E-state index in [1.54, 1.807) is 18.2 Å². The number of carbonyl (C=O) groups is 2. The highest BCUT2D eigenvalue weighted by Crippen LogP contribution is 2.28. The minimum Gasteiger partial charge on any atom is -0.366 e. The van der Waals surface area contributed by atoms with Crippen molar-refractivity contribution in [3.8, 4) is 11.8 Å². The van der Waals surface area contributed by atoms with Gasteiger partial charge in [0.15, 0.2) is 11.6 Å². The van der Waals surface area contributed by atoms with Crippen molar-refractivity contribution < 1.29 is 22.8 Å². The summed E-state index contributed by atoms with van der Waals surface area (Å²) in [5.74, 6) is 3.40. The van der Waals surface area contributed by atoms with Gasteiger partial charge < -0.3 is 10.3 Å². The number of thiophene rings is 1. The van der Waals surface area contributed by atoms with Gasteiger partial charge in [0.25, 0.3) is 12.0 Å². The van der Waals surface area contributed by atoms with Crippen molar-refractivity contribution in [3.05, 3.63) is 90.2 Å². The van der Waals surface area contributed by atoms with Crippen LogP contribution < -0.4 is 11.3 Å². The predicted octanol–water partition coefficient (Wildman–Crippen LogP) is 3.89. The van der Waals surface area contributed by atoms with Crippen molar-refractivity contribution in [3.63, 3.8) is 0 Å². The molecule has 1 amide bonds. The average Bonchev–Trinajstić information content (AvgIpc) is 3.10. The van der Waals surface area contributed by atoms with Gasteiger partial charge in [-0.1, -0.05) is 29.5 Å². The van der Waals surface area contributed by atoms with Gasteiger partial charge in [-0.25, -0.2) is 13.2 Å². The van der Waals surface area contributed by atoms with Crippen LogP contribution in [0.3, 0.4) is 0 Å². The summed E-state index contributed by atoms with van der Waals surface area (Å²) in [7, 11) is 0. The number of rotatable bonds is 6. The molecule has 2 aromatic heterocycles. The molecule has 3 rings (SSSR count). The van der Waals surface area contributed by atoms with E-state index in [1.807, 2.05) is 0 Å². The van der Waals surface area contributed by atoms with Crippen LogP contribution in [0.1, 0.15) is 36.7 Å². The van der Waals surface area contributed by atoms with Crippen LogP contribution in [-0.4, -0.2) is 22.7 Å². The largest absolute Gasteiger partial charge is 0.366 e. The number of hydrogen-bond donors (Lipinski definition) is 1. The van der Waals surface area contributed by atoms with Crippen molar-refractivity contribution in [2.24, 2.45) is 5.73 Å². The van der Waals surface area contributed by atoms with E-state index >= 15 is 0 Å². The van der Waals surface area contributed by atoms with Crippen molar-refractivity contribution in [2.75, 3.05) is 0 Å². The molecule has 0 saturated heterocycles. The van der Waals surface area contributed by atoms with Gasteiger partial charge in [-0.2, -0.15) is 0 Å². The second kappa shape index (κ2) is 9.85. The number of carbonyl (C=O) groups excluding carboxylic acids is 2. The van der Waals surface area contributed by atoms with Gasteiger partial charge in [0.1, 0.15) is 4.34 Å². The molecule has 0 spiro atoms. The highest BCUT2D eigenvalue weighted by Gasteiger charge is 2.16. The third-order valence-electron chi connectivity index (χ3n) is 4.25. The molecule has 0 bridgehead atoms. The number of amides is 1. The Bertz CT molecular complexity index is 1320. The van der Waals surface area contributed by atoms with Gasteiger partial charge in [0.05, 0.1) is 17.0 Å². The normalized spacial score (nSPS) is 10.7. The molecule has 0 aliphatic carbocycles. The molecular formula is C22H14ClF3N2O3S. The predicted molar refractivity (Wildman–Crippen MR) is 115 cm³/mol. The number of halogens is 4. The van der Waals surface area contributed by atoms with Crippen LogP contribution in [0.15, 0.2) is 47.4 Å². The highest BCUT2D eigenvalue weighted by molar-refractivity contribution is 7.18. The zero-order valence-electron chi connectivity index (χ0n) is 16.2. The Morgan fingerprint density at radius 2 is 1.94 bits per heavy atom. The Labute approximate surface area is 189 Å². The number of Topliss-reactive ketones (excluding diaryl/α,β-unsaturated/α-hetero) is 1. The van der Waals surface area contributed by atoms with Gasteiger partial charge in [0.2, 0.25) is 5.91 Å². The maximum atomic E-state index is 13.8. The lowest BCUT2D eigenvalue weighted by Crippen LogP contribution is -2.26. The van der Waals surface area contributed by atoms with Crippen molar-refractivity contribution in [1.82, 2.24) is 4.57 Å². The summed E-state index contributed by atoms with van der Waals surface area (Å²) in [5, 5.41) is 0. The monoisotopic (exact) mass is 478 g/mol. The fraction of sp³-hybridized carbons (Fsp3) is 0.136. The molecule has 3 aromatic rings. The first-order valence-corrected chi connectivity index (χ1v) is 10.2. The van der Waals surface area contributed by atoms with Crippen molar-refractivity contribution in [2.45, 2.75) is 19.4 Å². The number of alkyl halides is 2. The lowest BCUT2D eigenvalue weighted by Gasteiger charge is -2.08. The van der Waals surface area contributed by atoms with E-state index in [9.17, 15) is 27.6 Å². The quantitative estimate of drug-likeness (QED) is 0.431. The van der Waals surface area contributed by atoms with Gasteiger partial charge in [-0.15, -0.1) is 11.3 Å². The first-order valence-electron chi connectivity index (χ1n) is 9.05. The summed E-state index contributed by atoms with van der Waals surface area (Å²) in [4.78, 5) is 35.7. The molecule has 0 radical (unpaired) electrons. The van der Waals surface area contributed by atoms with E-state index in [0.717, 1.165) is 23.6 Å². The van der Waals surface area contributed by atoms with Crippen LogP contribution in [0.5, 0.6) is 0 Å². The maximum absolute atomic E-state index is 13.8. The number of aromatic nitrogens is 1. The van der Waals surface area contributed by atoms with Crippen molar-refractivity contribution in [1.29, 1.82) is 0 Å². The van der Waals surface area contributed by atoms with Gasteiger partial charge in [-0.05, 0) is 35.9 Å². The van der Waals surface area contributed by atoms with Gasteiger partial charge >= 0.3 is 0 Å². The Hall–Kier alpha value is -3.35. The van der Waals surface area contributed by atoms with Gasteiger partial charge in [-0.3, -0.25) is 14.4 Å². The number of nitrogens with zero attached hydrogens (tertiary/aromatic N) is 1. The highest BCUT2D eigenvalue weighted by atomic mass is 35.5. The fourth-order valence-corrected chi connectivity index (χ4v) is 3.92. The van der Waals surface area contributed by atoms with Crippen LogP contribution in [0.25, 0.3) is 0 Å².